The number of unbranched alkanes of at least 4 members (excludes halogenated alkanes) is 21. The van der Waals surface area contributed by atoms with Gasteiger partial charge in [0.05, 0.1) is 0 Å². The van der Waals surface area contributed by atoms with Crippen LogP contribution in [0.1, 0.15) is 215 Å². The van der Waals surface area contributed by atoms with E-state index in [1.807, 2.05) is 0 Å². The van der Waals surface area contributed by atoms with Gasteiger partial charge in [-0.1, -0.05) is 234 Å². The Morgan fingerprint density at radius 3 is 0.625 bits per heavy atom. The lowest BCUT2D eigenvalue weighted by molar-refractivity contribution is 0.507. The summed E-state index contributed by atoms with van der Waals surface area (Å²) in [5, 5.41) is 0. The largest absolute Gasteiger partial charge is 0.139 e. The van der Waals surface area contributed by atoms with Gasteiger partial charge in [-0.3, -0.25) is 0 Å². The van der Waals surface area contributed by atoms with E-state index in [4.69, 9.17) is 0 Å². The molecule has 1 heteroatoms. The Morgan fingerprint density at radius 2 is 0.425 bits per heavy atom. The third-order valence-electron chi connectivity index (χ3n) is 9.43. The number of hydrogen-bond donors (Lipinski definition) is 0. The molecule has 240 valence electrons. The standard InChI is InChI=1S/C39H81B/c1-37(2)31-25-19-13-7-10-16-22-28-34-40(35-29-23-17-11-8-14-20-26-32-38(3)4)36-30-24-18-12-9-15-21-27-33-39(5)6/h37-39H,7-36H2,1-6H3. The van der Waals surface area contributed by atoms with Gasteiger partial charge in [0.1, 0.15) is 6.71 Å². The first-order valence-corrected chi connectivity index (χ1v) is 19.4. The second-order valence-electron chi connectivity index (χ2n) is 15.3. The molecule has 0 saturated carbocycles. The lowest BCUT2D eigenvalue weighted by Crippen LogP contribution is -2.12. The Kier molecular flexibility index (Phi) is 32.0. The van der Waals surface area contributed by atoms with Gasteiger partial charge in [-0.25, -0.2) is 0 Å². The molecule has 0 atom stereocenters. The molecule has 0 fully saturated rings. The van der Waals surface area contributed by atoms with Crippen LogP contribution >= 0.6 is 0 Å². The van der Waals surface area contributed by atoms with Gasteiger partial charge in [0.25, 0.3) is 0 Å². The minimum absolute atomic E-state index is 0.891. The molecule has 0 aliphatic carbocycles. The van der Waals surface area contributed by atoms with Crippen molar-refractivity contribution in [2.45, 2.75) is 234 Å². The molecule has 0 aromatic rings. The van der Waals surface area contributed by atoms with Gasteiger partial charge in [-0.05, 0) is 17.8 Å². The van der Waals surface area contributed by atoms with Crippen LogP contribution in [0.2, 0.25) is 19.0 Å². The summed E-state index contributed by atoms with van der Waals surface area (Å²) in [4.78, 5) is 0. The van der Waals surface area contributed by atoms with Crippen molar-refractivity contribution in [2.75, 3.05) is 0 Å². The van der Waals surface area contributed by atoms with Crippen molar-refractivity contribution in [2.24, 2.45) is 17.8 Å². The van der Waals surface area contributed by atoms with E-state index in [1.54, 1.807) is 0 Å². The average molecular weight is 561 g/mol. The molecule has 0 aromatic heterocycles. The Labute approximate surface area is 257 Å². The van der Waals surface area contributed by atoms with Gasteiger partial charge < -0.3 is 0 Å². The fourth-order valence-corrected chi connectivity index (χ4v) is 6.57. The zero-order valence-electron chi connectivity index (χ0n) is 29.5. The molecule has 0 radical (unpaired) electrons. The van der Waals surface area contributed by atoms with Crippen LogP contribution < -0.4 is 0 Å². The molecule has 0 unspecified atom stereocenters. The molecule has 0 aromatic carbocycles. The fourth-order valence-electron chi connectivity index (χ4n) is 6.57. The highest BCUT2D eigenvalue weighted by Crippen LogP contribution is 2.21. The zero-order valence-corrected chi connectivity index (χ0v) is 29.5. The first kappa shape index (κ1) is 40.1. The topological polar surface area (TPSA) is 0 Å². The fraction of sp³-hybridized carbons (Fsp3) is 1.00. The third-order valence-corrected chi connectivity index (χ3v) is 9.43. The molecule has 0 heterocycles. The van der Waals surface area contributed by atoms with Crippen LogP contribution in [0, 0.1) is 17.8 Å². The molecule has 0 bridgehead atoms. The van der Waals surface area contributed by atoms with Crippen molar-refractivity contribution < 1.29 is 0 Å². The van der Waals surface area contributed by atoms with Crippen LogP contribution in [0.5, 0.6) is 0 Å². The van der Waals surface area contributed by atoms with Gasteiger partial charge in [0.2, 0.25) is 0 Å². The monoisotopic (exact) mass is 561 g/mol. The SMILES string of the molecule is CC(C)CCCCCCCCCCB(CCCCCCCCCCC(C)C)CCCCCCCCCCC(C)C. The maximum Gasteiger partial charge on any atom is 0.139 e. The molecule has 40 heavy (non-hydrogen) atoms. The first-order chi connectivity index (χ1) is 19.4. The maximum atomic E-state index is 2.36. The van der Waals surface area contributed by atoms with E-state index in [2.05, 4.69) is 41.5 Å². The Hall–Kier alpha value is 0.0649. The minimum atomic E-state index is 0.891. The van der Waals surface area contributed by atoms with Gasteiger partial charge in [0, 0.05) is 0 Å². The van der Waals surface area contributed by atoms with Gasteiger partial charge in [0.15, 0.2) is 0 Å². The van der Waals surface area contributed by atoms with Crippen molar-refractivity contribution in [3.63, 3.8) is 0 Å². The van der Waals surface area contributed by atoms with Gasteiger partial charge in [-0.15, -0.1) is 0 Å². The quantitative estimate of drug-likeness (QED) is 0.0553. The van der Waals surface area contributed by atoms with Crippen LogP contribution in [0.15, 0.2) is 0 Å². The van der Waals surface area contributed by atoms with Gasteiger partial charge >= 0.3 is 0 Å². The first-order valence-electron chi connectivity index (χ1n) is 19.4. The maximum absolute atomic E-state index is 2.36. The van der Waals surface area contributed by atoms with Crippen LogP contribution in [0.25, 0.3) is 0 Å². The summed E-state index contributed by atoms with van der Waals surface area (Å²) in [6.07, 6.45) is 44.5. The summed E-state index contributed by atoms with van der Waals surface area (Å²) >= 11 is 0. The molecule has 0 rings (SSSR count). The molecule has 0 nitrogen and oxygen atoms in total. The molecule has 0 saturated heterocycles. The summed E-state index contributed by atoms with van der Waals surface area (Å²) in [7, 11) is 0. The van der Waals surface area contributed by atoms with E-state index in [1.165, 1.54) is 192 Å². The zero-order chi connectivity index (χ0) is 29.5. The Bertz CT molecular complexity index is 387. The van der Waals surface area contributed by atoms with E-state index in [-0.39, 0.29) is 0 Å². The van der Waals surface area contributed by atoms with Crippen LogP contribution in [-0.2, 0) is 0 Å². The van der Waals surface area contributed by atoms with E-state index >= 15 is 0 Å². The van der Waals surface area contributed by atoms with E-state index in [0.29, 0.717) is 0 Å². The summed E-state index contributed by atoms with van der Waals surface area (Å²) in [5.41, 5.74) is 0. The van der Waals surface area contributed by atoms with Crippen molar-refractivity contribution in [1.29, 1.82) is 0 Å². The third kappa shape index (κ3) is 34.3. The minimum Gasteiger partial charge on any atom is -0.0741 e. The van der Waals surface area contributed by atoms with Gasteiger partial charge in [-0.2, -0.15) is 0 Å². The van der Waals surface area contributed by atoms with E-state index < -0.39 is 0 Å². The molecule has 0 N–H and O–H groups in total. The van der Waals surface area contributed by atoms with Crippen LogP contribution in [-0.4, -0.2) is 6.71 Å². The highest BCUT2D eigenvalue weighted by Gasteiger charge is 2.13. The predicted octanol–water partition coefficient (Wildman–Crippen LogP) is 15.0. The summed E-state index contributed by atoms with van der Waals surface area (Å²) in [6, 6.07) is 0. The van der Waals surface area contributed by atoms with E-state index in [0.717, 1.165) is 24.5 Å². The molecule has 0 spiro atoms. The Balaban J connectivity index is 3.93. The highest BCUT2D eigenvalue weighted by atomic mass is 14.0. The summed E-state index contributed by atoms with van der Waals surface area (Å²) in [5.74, 6) is 2.67. The van der Waals surface area contributed by atoms with Crippen molar-refractivity contribution in [3.05, 3.63) is 0 Å². The molecular weight excluding hydrogens is 479 g/mol. The molecule has 0 amide bonds. The van der Waals surface area contributed by atoms with Crippen molar-refractivity contribution >= 4 is 6.71 Å². The normalized spacial score (nSPS) is 11.9. The number of hydrogen-bond acceptors (Lipinski definition) is 0. The molecule has 0 aliphatic rings. The van der Waals surface area contributed by atoms with E-state index in [9.17, 15) is 0 Å². The van der Waals surface area contributed by atoms with Crippen molar-refractivity contribution in [3.8, 4) is 0 Å². The smallest absolute Gasteiger partial charge is 0.0741 e. The highest BCUT2D eigenvalue weighted by molar-refractivity contribution is 6.58. The number of rotatable bonds is 33. The lowest BCUT2D eigenvalue weighted by atomic mass is 9.41. The average Bonchev–Trinajstić information content (AvgIpc) is 2.90. The summed E-state index contributed by atoms with van der Waals surface area (Å²) in [6.45, 7) is 15.2. The molecule has 0 aliphatic heterocycles. The second kappa shape index (κ2) is 32.0. The second-order valence-corrected chi connectivity index (χ2v) is 15.3. The lowest BCUT2D eigenvalue weighted by Gasteiger charge is -2.14. The van der Waals surface area contributed by atoms with Crippen molar-refractivity contribution in [1.82, 2.24) is 0 Å². The summed E-state index contributed by atoms with van der Waals surface area (Å²) < 4.78 is 0. The van der Waals surface area contributed by atoms with Crippen LogP contribution in [0.4, 0.5) is 0 Å². The Morgan fingerprint density at radius 1 is 0.250 bits per heavy atom. The van der Waals surface area contributed by atoms with Crippen LogP contribution in [0.3, 0.4) is 0 Å². The predicted molar refractivity (Wildman–Crippen MR) is 189 cm³/mol. The molecular formula is C39H81B.